The smallest absolute Gasteiger partial charge is 0.257 e. The fourth-order valence-electron chi connectivity index (χ4n) is 2.67. The average molecular weight is 365 g/mol. The van der Waals surface area contributed by atoms with Gasteiger partial charge in [0.2, 0.25) is 0 Å². The van der Waals surface area contributed by atoms with Crippen molar-refractivity contribution < 1.29 is 9.53 Å². The zero-order valence-corrected chi connectivity index (χ0v) is 15.7. The standard InChI is InChI=1S/C22H23NO2S/c1-17-6-2-3-9-20(17)16-26-13-12-23-22(24)15-25-21-11-10-18-7-4-5-8-19(18)14-21/h2-11,14H,12-13,15-16H2,1H3,(H,23,24). The van der Waals surface area contributed by atoms with Crippen LogP contribution in [0.4, 0.5) is 0 Å². The summed E-state index contributed by atoms with van der Waals surface area (Å²) in [7, 11) is 0. The Morgan fingerprint density at radius 3 is 2.62 bits per heavy atom. The summed E-state index contributed by atoms with van der Waals surface area (Å²) in [5.74, 6) is 2.48. The van der Waals surface area contributed by atoms with Gasteiger partial charge in [0.25, 0.3) is 5.91 Å². The van der Waals surface area contributed by atoms with Crippen molar-refractivity contribution in [3.63, 3.8) is 0 Å². The number of hydrogen-bond donors (Lipinski definition) is 1. The van der Waals surface area contributed by atoms with Crippen LogP contribution in [0.1, 0.15) is 11.1 Å². The number of carbonyl (C=O) groups excluding carboxylic acids is 1. The lowest BCUT2D eigenvalue weighted by molar-refractivity contribution is -0.122. The van der Waals surface area contributed by atoms with Gasteiger partial charge in [-0.05, 0) is 41.0 Å². The molecule has 0 bridgehead atoms. The maximum absolute atomic E-state index is 11.9. The summed E-state index contributed by atoms with van der Waals surface area (Å²) in [5.41, 5.74) is 2.66. The third-order valence-electron chi connectivity index (χ3n) is 4.18. The molecule has 26 heavy (non-hydrogen) atoms. The number of thioether (sulfide) groups is 1. The Labute approximate surface area is 158 Å². The van der Waals surface area contributed by atoms with E-state index in [1.807, 2.05) is 48.2 Å². The van der Waals surface area contributed by atoms with Gasteiger partial charge in [-0.2, -0.15) is 11.8 Å². The molecule has 0 radical (unpaired) electrons. The van der Waals surface area contributed by atoms with E-state index in [1.165, 1.54) is 11.1 Å². The Morgan fingerprint density at radius 2 is 1.77 bits per heavy atom. The Hall–Kier alpha value is -2.46. The quantitative estimate of drug-likeness (QED) is 0.594. The molecular formula is C22H23NO2S. The fourth-order valence-corrected chi connectivity index (χ4v) is 3.61. The van der Waals surface area contributed by atoms with E-state index in [2.05, 4.69) is 42.6 Å². The average Bonchev–Trinajstić information content (AvgIpc) is 2.67. The van der Waals surface area contributed by atoms with E-state index in [-0.39, 0.29) is 12.5 Å². The summed E-state index contributed by atoms with van der Waals surface area (Å²) in [6.07, 6.45) is 0. The van der Waals surface area contributed by atoms with Crippen LogP contribution in [0.15, 0.2) is 66.7 Å². The van der Waals surface area contributed by atoms with Gasteiger partial charge >= 0.3 is 0 Å². The van der Waals surface area contributed by atoms with E-state index in [9.17, 15) is 4.79 Å². The summed E-state index contributed by atoms with van der Waals surface area (Å²) in [6, 6.07) is 22.3. The van der Waals surface area contributed by atoms with E-state index < -0.39 is 0 Å². The van der Waals surface area contributed by atoms with Crippen molar-refractivity contribution in [2.45, 2.75) is 12.7 Å². The molecule has 3 nitrogen and oxygen atoms in total. The summed E-state index contributed by atoms with van der Waals surface area (Å²) >= 11 is 1.82. The van der Waals surface area contributed by atoms with Crippen LogP contribution >= 0.6 is 11.8 Å². The number of carbonyl (C=O) groups is 1. The minimum Gasteiger partial charge on any atom is -0.484 e. The second-order valence-electron chi connectivity index (χ2n) is 6.13. The number of benzene rings is 3. The molecule has 134 valence electrons. The van der Waals surface area contributed by atoms with Crippen molar-refractivity contribution in [1.29, 1.82) is 0 Å². The summed E-state index contributed by atoms with van der Waals surface area (Å²) in [5, 5.41) is 5.18. The third-order valence-corrected chi connectivity index (χ3v) is 5.19. The zero-order valence-electron chi connectivity index (χ0n) is 14.9. The molecule has 0 aliphatic carbocycles. The number of ether oxygens (including phenoxy) is 1. The van der Waals surface area contributed by atoms with Crippen molar-refractivity contribution >= 4 is 28.4 Å². The molecule has 1 amide bonds. The number of nitrogens with one attached hydrogen (secondary N) is 1. The first-order valence-electron chi connectivity index (χ1n) is 8.73. The predicted octanol–water partition coefficient (Wildman–Crippen LogP) is 4.58. The second-order valence-corrected chi connectivity index (χ2v) is 7.23. The van der Waals surface area contributed by atoms with Gasteiger partial charge in [0, 0.05) is 18.1 Å². The molecular weight excluding hydrogens is 342 g/mol. The Morgan fingerprint density at radius 1 is 1.00 bits per heavy atom. The molecule has 0 spiro atoms. The zero-order chi connectivity index (χ0) is 18.2. The van der Waals surface area contributed by atoms with E-state index >= 15 is 0 Å². The topological polar surface area (TPSA) is 38.3 Å². The lowest BCUT2D eigenvalue weighted by Gasteiger charge is -2.09. The van der Waals surface area contributed by atoms with Gasteiger partial charge in [-0.1, -0.05) is 54.6 Å². The Bertz CT molecular complexity index is 879. The molecule has 1 N–H and O–H groups in total. The summed E-state index contributed by atoms with van der Waals surface area (Å²) in [4.78, 5) is 11.9. The van der Waals surface area contributed by atoms with E-state index in [0.717, 1.165) is 22.3 Å². The molecule has 3 rings (SSSR count). The predicted molar refractivity (Wildman–Crippen MR) is 110 cm³/mol. The Balaban J connectivity index is 1.35. The van der Waals surface area contributed by atoms with E-state index in [0.29, 0.717) is 12.3 Å². The maximum Gasteiger partial charge on any atom is 0.257 e. The summed E-state index contributed by atoms with van der Waals surface area (Å²) in [6.45, 7) is 2.82. The largest absolute Gasteiger partial charge is 0.484 e. The van der Waals surface area contributed by atoms with Gasteiger partial charge in [-0.15, -0.1) is 0 Å². The minimum absolute atomic E-state index is 0.0425. The van der Waals surface area contributed by atoms with Crippen LogP contribution in [-0.4, -0.2) is 24.8 Å². The van der Waals surface area contributed by atoms with Crippen molar-refractivity contribution in [2.75, 3.05) is 18.9 Å². The number of hydrogen-bond acceptors (Lipinski definition) is 3. The van der Waals surface area contributed by atoms with Gasteiger partial charge in [0.05, 0.1) is 0 Å². The molecule has 3 aromatic rings. The second kappa shape index (κ2) is 9.30. The minimum atomic E-state index is -0.0883. The molecule has 0 unspecified atom stereocenters. The third kappa shape index (κ3) is 5.27. The first-order chi connectivity index (χ1) is 12.7. The molecule has 3 aromatic carbocycles. The van der Waals surface area contributed by atoms with Crippen LogP contribution in [0.3, 0.4) is 0 Å². The number of fused-ring (bicyclic) bond motifs is 1. The van der Waals surface area contributed by atoms with Crippen LogP contribution in [0, 0.1) is 6.92 Å². The molecule has 0 aliphatic heterocycles. The molecule has 0 saturated heterocycles. The Kier molecular flexibility index (Phi) is 6.56. The lowest BCUT2D eigenvalue weighted by Crippen LogP contribution is -2.30. The van der Waals surface area contributed by atoms with Crippen molar-refractivity contribution in [3.8, 4) is 5.75 Å². The molecule has 0 saturated carbocycles. The highest BCUT2D eigenvalue weighted by Crippen LogP contribution is 2.20. The number of rotatable bonds is 8. The van der Waals surface area contributed by atoms with Crippen LogP contribution in [-0.2, 0) is 10.5 Å². The van der Waals surface area contributed by atoms with Crippen molar-refractivity contribution in [3.05, 3.63) is 77.9 Å². The van der Waals surface area contributed by atoms with Gasteiger partial charge in [-0.3, -0.25) is 4.79 Å². The molecule has 0 atom stereocenters. The highest BCUT2D eigenvalue weighted by molar-refractivity contribution is 7.98. The van der Waals surface area contributed by atoms with Gasteiger partial charge < -0.3 is 10.1 Å². The first kappa shape index (κ1) is 18.3. The molecule has 0 heterocycles. The monoisotopic (exact) mass is 365 g/mol. The summed E-state index contributed by atoms with van der Waals surface area (Å²) < 4.78 is 5.60. The van der Waals surface area contributed by atoms with Crippen LogP contribution in [0.2, 0.25) is 0 Å². The molecule has 4 heteroatoms. The molecule has 0 aliphatic rings. The van der Waals surface area contributed by atoms with Crippen LogP contribution in [0.5, 0.6) is 5.75 Å². The highest BCUT2D eigenvalue weighted by atomic mass is 32.2. The fraction of sp³-hybridized carbons (Fsp3) is 0.227. The van der Waals surface area contributed by atoms with Gasteiger partial charge in [0.1, 0.15) is 5.75 Å². The SMILES string of the molecule is Cc1ccccc1CSCCNC(=O)COc1ccc2ccccc2c1. The van der Waals surface area contributed by atoms with E-state index in [1.54, 1.807) is 0 Å². The number of aryl methyl sites for hydroxylation is 1. The maximum atomic E-state index is 11.9. The van der Waals surface area contributed by atoms with Gasteiger partial charge in [0.15, 0.2) is 6.61 Å². The normalized spacial score (nSPS) is 10.7. The van der Waals surface area contributed by atoms with Crippen LogP contribution < -0.4 is 10.1 Å². The van der Waals surface area contributed by atoms with Crippen molar-refractivity contribution in [1.82, 2.24) is 5.32 Å². The highest BCUT2D eigenvalue weighted by Gasteiger charge is 2.04. The molecule has 0 aromatic heterocycles. The molecule has 0 fully saturated rings. The van der Waals surface area contributed by atoms with Gasteiger partial charge in [-0.25, -0.2) is 0 Å². The van der Waals surface area contributed by atoms with Crippen LogP contribution in [0.25, 0.3) is 10.8 Å². The lowest BCUT2D eigenvalue weighted by atomic mass is 10.1. The first-order valence-corrected chi connectivity index (χ1v) is 9.88. The van der Waals surface area contributed by atoms with E-state index in [4.69, 9.17) is 4.74 Å². The number of amides is 1. The van der Waals surface area contributed by atoms with Crippen molar-refractivity contribution in [2.24, 2.45) is 0 Å².